The third kappa shape index (κ3) is 17.7. The van der Waals surface area contributed by atoms with Crippen LogP contribution in [0.4, 0.5) is 5.69 Å². The number of anilines is 1. The van der Waals surface area contributed by atoms with E-state index in [1.807, 2.05) is 24.3 Å². The van der Waals surface area contributed by atoms with Gasteiger partial charge in [0.05, 0.1) is 45.2 Å². The number of hydrogen-bond acceptors (Lipinski definition) is 7. The Balaban J connectivity index is 1.36. The number of esters is 1. The van der Waals surface area contributed by atoms with Gasteiger partial charge in [0.2, 0.25) is 0 Å². The van der Waals surface area contributed by atoms with E-state index in [4.69, 9.17) is 23.7 Å². The standard InChI is InChI=1S/C34H53NO6/c1-3-5-7-8-9-10-11-12-30-13-19-33(20-14-30)40-28-26-38-24-22-37-23-25-39-27-29-41-34(36)31-15-17-32(18-16-31)35-21-6-4-2/h13-20,35H,3-12,21-29H2,1-2H3. The Morgan fingerprint density at radius 3 is 1.80 bits per heavy atom. The number of benzene rings is 2. The van der Waals surface area contributed by atoms with Gasteiger partial charge in [-0.2, -0.15) is 0 Å². The van der Waals surface area contributed by atoms with Gasteiger partial charge >= 0.3 is 5.97 Å². The summed E-state index contributed by atoms with van der Waals surface area (Å²) >= 11 is 0. The smallest absolute Gasteiger partial charge is 0.338 e. The number of rotatable bonds is 26. The first-order valence-electron chi connectivity index (χ1n) is 15.7. The van der Waals surface area contributed by atoms with Crippen molar-refractivity contribution in [1.29, 1.82) is 0 Å². The molecule has 0 bridgehead atoms. The summed E-state index contributed by atoms with van der Waals surface area (Å²) in [5.41, 5.74) is 2.92. The minimum Gasteiger partial charge on any atom is -0.491 e. The average molecular weight is 572 g/mol. The van der Waals surface area contributed by atoms with Crippen molar-refractivity contribution in [1.82, 2.24) is 0 Å². The fourth-order valence-corrected chi connectivity index (χ4v) is 4.21. The molecule has 2 rings (SSSR count). The first-order valence-corrected chi connectivity index (χ1v) is 15.7. The number of aryl methyl sites for hydroxylation is 1. The molecule has 0 aliphatic carbocycles. The third-order valence-electron chi connectivity index (χ3n) is 6.67. The minimum atomic E-state index is -0.345. The molecule has 0 aliphatic rings. The van der Waals surface area contributed by atoms with E-state index in [9.17, 15) is 4.79 Å². The molecule has 0 amide bonds. The van der Waals surface area contributed by atoms with E-state index in [2.05, 4.69) is 31.3 Å². The topological polar surface area (TPSA) is 75.2 Å². The highest BCUT2D eigenvalue weighted by Gasteiger charge is 2.06. The van der Waals surface area contributed by atoms with Crippen LogP contribution < -0.4 is 10.1 Å². The molecule has 0 spiro atoms. The monoisotopic (exact) mass is 571 g/mol. The molecule has 0 heterocycles. The van der Waals surface area contributed by atoms with Crippen molar-refractivity contribution < 1.29 is 28.5 Å². The zero-order valence-corrected chi connectivity index (χ0v) is 25.5. The van der Waals surface area contributed by atoms with E-state index in [0.717, 1.165) is 37.2 Å². The molecule has 230 valence electrons. The maximum Gasteiger partial charge on any atom is 0.338 e. The van der Waals surface area contributed by atoms with Gasteiger partial charge < -0.3 is 29.0 Å². The fourth-order valence-electron chi connectivity index (χ4n) is 4.21. The molecule has 2 aromatic rings. The largest absolute Gasteiger partial charge is 0.491 e. The van der Waals surface area contributed by atoms with Crippen molar-refractivity contribution in [3.05, 3.63) is 59.7 Å². The van der Waals surface area contributed by atoms with E-state index in [1.54, 1.807) is 12.1 Å². The van der Waals surface area contributed by atoms with Crippen LogP contribution in [-0.4, -0.2) is 65.4 Å². The van der Waals surface area contributed by atoms with Crippen molar-refractivity contribution in [3.8, 4) is 5.75 Å². The van der Waals surface area contributed by atoms with E-state index < -0.39 is 0 Å². The molecule has 0 radical (unpaired) electrons. The summed E-state index contributed by atoms with van der Waals surface area (Å²) < 4.78 is 27.6. The SMILES string of the molecule is CCCCCCCCCc1ccc(OCCOCCOCCOCCOC(=O)c2ccc(NCCCC)cc2)cc1. The van der Waals surface area contributed by atoms with Crippen molar-refractivity contribution >= 4 is 11.7 Å². The van der Waals surface area contributed by atoms with Crippen molar-refractivity contribution in [2.24, 2.45) is 0 Å². The number of carbonyl (C=O) groups is 1. The van der Waals surface area contributed by atoms with Crippen LogP contribution in [0.3, 0.4) is 0 Å². The molecule has 1 N–H and O–H groups in total. The molecular weight excluding hydrogens is 518 g/mol. The molecule has 0 atom stereocenters. The molecule has 0 saturated heterocycles. The van der Waals surface area contributed by atoms with Crippen molar-refractivity contribution in [2.75, 3.05) is 64.7 Å². The molecule has 7 heteroatoms. The van der Waals surface area contributed by atoms with Gasteiger partial charge in [-0.05, 0) is 61.2 Å². The van der Waals surface area contributed by atoms with Crippen LogP contribution in [0.5, 0.6) is 5.75 Å². The quantitative estimate of drug-likeness (QED) is 0.0927. The van der Waals surface area contributed by atoms with Gasteiger partial charge in [0.1, 0.15) is 19.0 Å². The lowest BCUT2D eigenvalue weighted by Gasteiger charge is -2.09. The van der Waals surface area contributed by atoms with Crippen LogP contribution in [0.25, 0.3) is 0 Å². The van der Waals surface area contributed by atoms with Crippen molar-refractivity contribution in [3.63, 3.8) is 0 Å². The van der Waals surface area contributed by atoms with Crippen LogP contribution in [0, 0.1) is 0 Å². The Hall–Kier alpha value is -2.61. The summed E-state index contributed by atoms with van der Waals surface area (Å²) in [4.78, 5) is 12.1. The summed E-state index contributed by atoms with van der Waals surface area (Å²) in [7, 11) is 0. The highest BCUT2D eigenvalue weighted by molar-refractivity contribution is 5.89. The van der Waals surface area contributed by atoms with Gasteiger partial charge in [-0.1, -0.05) is 70.9 Å². The van der Waals surface area contributed by atoms with E-state index in [1.165, 1.54) is 50.5 Å². The zero-order valence-electron chi connectivity index (χ0n) is 25.5. The second-order valence-electron chi connectivity index (χ2n) is 10.2. The number of unbranched alkanes of at least 4 members (excludes halogenated alkanes) is 7. The van der Waals surface area contributed by atoms with Gasteiger partial charge in [-0.3, -0.25) is 0 Å². The lowest BCUT2D eigenvalue weighted by Crippen LogP contribution is -2.15. The molecule has 7 nitrogen and oxygen atoms in total. The summed E-state index contributed by atoms with van der Waals surface area (Å²) in [6, 6.07) is 15.8. The Bertz CT molecular complexity index is 887. The first-order chi connectivity index (χ1) is 20.2. The average Bonchev–Trinajstić information content (AvgIpc) is 3.00. The second-order valence-corrected chi connectivity index (χ2v) is 10.2. The van der Waals surface area contributed by atoms with E-state index in [0.29, 0.717) is 51.8 Å². The van der Waals surface area contributed by atoms with Gasteiger partial charge in [0, 0.05) is 12.2 Å². The van der Waals surface area contributed by atoms with Crippen LogP contribution in [0.15, 0.2) is 48.5 Å². The lowest BCUT2D eigenvalue weighted by atomic mass is 10.0. The minimum absolute atomic E-state index is 0.209. The van der Waals surface area contributed by atoms with Gasteiger partial charge in [-0.25, -0.2) is 4.79 Å². The Morgan fingerprint density at radius 1 is 0.610 bits per heavy atom. The molecule has 0 aliphatic heterocycles. The number of ether oxygens (including phenoxy) is 5. The lowest BCUT2D eigenvalue weighted by molar-refractivity contribution is -0.00222. The normalized spacial score (nSPS) is 11.0. The predicted octanol–water partition coefficient (Wildman–Crippen LogP) is 7.48. The highest BCUT2D eigenvalue weighted by Crippen LogP contribution is 2.15. The summed E-state index contributed by atoms with van der Waals surface area (Å²) in [5.74, 6) is 0.533. The molecule has 0 aromatic heterocycles. The predicted molar refractivity (Wildman–Crippen MR) is 166 cm³/mol. The molecule has 0 saturated carbocycles. The number of hydrogen-bond donors (Lipinski definition) is 1. The first kappa shape index (κ1) is 34.6. The Labute approximate surface area is 248 Å². The number of carbonyl (C=O) groups excluding carboxylic acids is 1. The highest BCUT2D eigenvalue weighted by atomic mass is 16.6. The van der Waals surface area contributed by atoms with E-state index >= 15 is 0 Å². The molecule has 41 heavy (non-hydrogen) atoms. The Morgan fingerprint density at radius 2 is 1.17 bits per heavy atom. The van der Waals surface area contributed by atoms with Crippen LogP contribution in [0.1, 0.15) is 87.6 Å². The molecule has 2 aromatic carbocycles. The van der Waals surface area contributed by atoms with Gasteiger partial charge in [0.25, 0.3) is 0 Å². The van der Waals surface area contributed by atoms with Crippen LogP contribution in [-0.2, 0) is 25.4 Å². The summed E-state index contributed by atoms with van der Waals surface area (Å²) in [6.45, 7) is 8.82. The summed E-state index contributed by atoms with van der Waals surface area (Å²) in [6.07, 6.45) is 12.8. The molecular formula is C34H53NO6. The van der Waals surface area contributed by atoms with Gasteiger partial charge in [0.15, 0.2) is 0 Å². The van der Waals surface area contributed by atoms with Crippen LogP contribution >= 0.6 is 0 Å². The number of nitrogens with one attached hydrogen (secondary N) is 1. The van der Waals surface area contributed by atoms with Crippen LogP contribution in [0.2, 0.25) is 0 Å². The van der Waals surface area contributed by atoms with E-state index in [-0.39, 0.29) is 12.6 Å². The molecule has 0 unspecified atom stereocenters. The zero-order chi connectivity index (χ0) is 29.2. The maximum atomic E-state index is 12.1. The molecule has 0 fully saturated rings. The third-order valence-corrected chi connectivity index (χ3v) is 6.67. The Kier molecular flexibility index (Phi) is 20.3. The summed E-state index contributed by atoms with van der Waals surface area (Å²) in [5, 5.41) is 3.33. The second kappa shape index (κ2) is 24.0. The van der Waals surface area contributed by atoms with Gasteiger partial charge in [-0.15, -0.1) is 0 Å². The van der Waals surface area contributed by atoms with Crippen molar-refractivity contribution in [2.45, 2.75) is 78.1 Å². The maximum absolute atomic E-state index is 12.1. The fraction of sp³-hybridized carbons (Fsp3) is 0.618.